The van der Waals surface area contributed by atoms with Crippen LogP contribution in [0.4, 0.5) is 0 Å². The molecule has 0 bridgehead atoms. The van der Waals surface area contributed by atoms with E-state index in [-0.39, 0.29) is 5.41 Å². The van der Waals surface area contributed by atoms with E-state index in [1.54, 1.807) is 7.11 Å². The molecule has 21 heavy (non-hydrogen) atoms. The Bertz CT molecular complexity index is 644. The summed E-state index contributed by atoms with van der Waals surface area (Å²) in [5.74, 6) is 0.732. The molecule has 1 aromatic heterocycles. The van der Waals surface area contributed by atoms with Crippen LogP contribution in [0.1, 0.15) is 54.1 Å². The third-order valence-corrected chi connectivity index (χ3v) is 4.45. The minimum absolute atomic E-state index is 0.156. The van der Waals surface area contributed by atoms with Crippen LogP contribution in [0.25, 0.3) is 0 Å². The number of aromatic nitrogens is 2. The molecule has 114 valence electrons. The fraction of sp³-hybridized carbons (Fsp3) is 0.500. The minimum atomic E-state index is -0.770. The Labute approximate surface area is 130 Å². The van der Waals surface area contributed by atoms with Gasteiger partial charge in [-0.1, -0.05) is 37.4 Å². The Morgan fingerprint density at radius 3 is 2.48 bits per heavy atom. The minimum Gasteiger partial charge on any atom is -0.496 e. The lowest BCUT2D eigenvalue weighted by molar-refractivity contribution is 0.215. The molecule has 5 heteroatoms. The zero-order valence-corrected chi connectivity index (χ0v) is 14.2. The van der Waals surface area contributed by atoms with E-state index in [9.17, 15) is 5.11 Å². The van der Waals surface area contributed by atoms with Crippen LogP contribution in [0.5, 0.6) is 5.75 Å². The zero-order chi connectivity index (χ0) is 15.8. The van der Waals surface area contributed by atoms with E-state index in [1.807, 2.05) is 26.0 Å². The summed E-state index contributed by atoms with van der Waals surface area (Å²) in [6.07, 6.45) is -0.770. The summed E-state index contributed by atoms with van der Waals surface area (Å²) in [5, 5.41) is 15.0. The van der Waals surface area contributed by atoms with Gasteiger partial charge >= 0.3 is 0 Å². The quantitative estimate of drug-likeness (QED) is 0.942. The number of aryl methyl sites for hydroxylation is 1. The van der Waals surface area contributed by atoms with E-state index < -0.39 is 6.10 Å². The van der Waals surface area contributed by atoms with Gasteiger partial charge in [-0.3, -0.25) is 0 Å². The number of methoxy groups -OCH3 is 1. The average Bonchev–Trinajstić information content (AvgIpc) is 2.90. The van der Waals surface area contributed by atoms with Crippen molar-refractivity contribution in [3.8, 4) is 5.75 Å². The fourth-order valence-electron chi connectivity index (χ4n) is 2.34. The van der Waals surface area contributed by atoms with Crippen LogP contribution in [0.2, 0.25) is 0 Å². The number of hydrogen-bond acceptors (Lipinski definition) is 5. The predicted molar refractivity (Wildman–Crippen MR) is 85.1 cm³/mol. The molecule has 0 amide bonds. The number of hydrogen-bond donors (Lipinski definition) is 1. The normalized spacial score (nSPS) is 13.3. The average molecular weight is 306 g/mol. The summed E-state index contributed by atoms with van der Waals surface area (Å²) in [6.45, 7) is 10.2. The smallest absolute Gasteiger partial charge is 0.128 e. The second-order valence-corrected chi connectivity index (χ2v) is 7.05. The van der Waals surface area contributed by atoms with Crippen LogP contribution in [0.3, 0.4) is 0 Å². The molecule has 1 aromatic carbocycles. The van der Waals surface area contributed by atoms with Gasteiger partial charge in [0.25, 0.3) is 0 Å². The van der Waals surface area contributed by atoms with Crippen LogP contribution < -0.4 is 4.74 Å². The topological polar surface area (TPSA) is 55.2 Å². The monoisotopic (exact) mass is 306 g/mol. The second kappa shape index (κ2) is 5.73. The van der Waals surface area contributed by atoms with Crippen LogP contribution in [0.15, 0.2) is 12.1 Å². The maximum atomic E-state index is 10.8. The number of aliphatic hydroxyl groups is 1. The SMILES string of the molecule is COc1c(C(O)c2snnc2C(C)(C)C)ccc(C)c1C. The molecule has 0 saturated carbocycles. The maximum absolute atomic E-state index is 10.8. The second-order valence-electron chi connectivity index (χ2n) is 6.27. The van der Waals surface area contributed by atoms with E-state index in [0.29, 0.717) is 0 Å². The summed E-state index contributed by atoms with van der Waals surface area (Å²) >= 11 is 1.24. The van der Waals surface area contributed by atoms with Crippen molar-refractivity contribution in [3.05, 3.63) is 39.4 Å². The van der Waals surface area contributed by atoms with E-state index in [1.165, 1.54) is 11.5 Å². The van der Waals surface area contributed by atoms with Gasteiger partial charge in [-0.25, -0.2) is 0 Å². The molecule has 0 aliphatic carbocycles. The highest BCUT2D eigenvalue weighted by molar-refractivity contribution is 7.05. The molecular weight excluding hydrogens is 284 g/mol. The molecule has 1 atom stereocenters. The van der Waals surface area contributed by atoms with E-state index in [0.717, 1.165) is 33.0 Å². The van der Waals surface area contributed by atoms with Crippen LogP contribution >= 0.6 is 11.5 Å². The van der Waals surface area contributed by atoms with Crippen molar-refractivity contribution < 1.29 is 9.84 Å². The Kier molecular flexibility index (Phi) is 4.35. The number of ether oxygens (including phenoxy) is 1. The Morgan fingerprint density at radius 1 is 1.24 bits per heavy atom. The van der Waals surface area contributed by atoms with Crippen molar-refractivity contribution in [2.45, 2.75) is 46.1 Å². The fourth-order valence-corrected chi connectivity index (χ4v) is 3.21. The summed E-state index contributed by atoms with van der Waals surface area (Å²) in [7, 11) is 1.63. The Morgan fingerprint density at radius 2 is 1.90 bits per heavy atom. The summed E-state index contributed by atoms with van der Waals surface area (Å²) in [5.41, 5.74) is 3.62. The van der Waals surface area contributed by atoms with E-state index in [2.05, 4.69) is 30.4 Å². The predicted octanol–water partition coefficient (Wildman–Crippen LogP) is 3.54. The van der Waals surface area contributed by atoms with Gasteiger partial charge in [0.2, 0.25) is 0 Å². The molecule has 4 nitrogen and oxygen atoms in total. The highest BCUT2D eigenvalue weighted by Gasteiger charge is 2.29. The molecule has 1 heterocycles. The Balaban J connectivity index is 2.54. The number of rotatable bonds is 3. The molecule has 1 N–H and O–H groups in total. The number of nitrogens with zero attached hydrogens (tertiary/aromatic N) is 2. The lowest BCUT2D eigenvalue weighted by Crippen LogP contribution is -2.16. The first-order chi connectivity index (χ1) is 9.77. The number of aliphatic hydroxyl groups excluding tert-OH is 1. The van der Waals surface area contributed by atoms with Gasteiger partial charge < -0.3 is 9.84 Å². The van der Waals surface area contributed by atoms with Gasteiger partial charge in [0, 0.05) is 11.0 Å². The summed E-state index contributed by atoms with van der Waals surface area (Å²) < 4.78 is 9.53. The van der Waals surface area contributed by atoms with Crippen LogP contribution in [-0.4, -0.2) is 21.8 Å². The van der Waals surface area contributed by atoms with E-state index >= 15 is 0 Å². The van der Waals surface area contributed by atoms with Crippen molar-refractivity contribution in [2.75, 3.05) is 7.11 Å². The summed E-state index contributed by atoms with van der Waals surface area (Å²) in [4.78, 5) is 0.782. The van der Waals surface area contributed by atoms with Gasteiger partial charge in [0.05, 0.1) is 17.7 Å². The third kappa shape index (κ3) is 2.94. The zero-order valence-electron chi connectivity index (χ0n) is 13.4. The van der Waals surface area contributed by atoms with E-state index in [4.69, 9.17) is 4.74 Å². The first-order valence-corrected chi connectivity index (χ1v) is 7.69. The highest BCUT2D eigenvalue weighted by atomic mass is 32.1. The van der Waals surface area contributed by atoms with Gasteiger partial charge in [0.1, 0.15) is 11.9 Å². The maximum Gasteiger partial charge on any atom is 0.128 e. The largest absolute Gasteiger partial charge is 0.496 e. The first-order valence-electron chi connectivity index (χ1n) is 6.92. The molecule has 1 unspecified atom stereocenters. The standard InChI is InChI=1S/C16H22N2O2S/c1-9-7-8-11(13(20-6)10(9)2)12(19)14-15(16(3,4)5)17-18-21-14/h7-8,12,19H,1-6H3. The van der Waals surface area contributed by atoms with Gasteiger partial charge in [-0.05, 0) is 36.5 Å². The van der Waals surface area contributed by atoms with Crippen molar-refractivity contribution in [1.82, 2.24) is 9.59 Å². The summed E-state index contributed by atoms with van der Waals surface area (Å²) in [6, 6.07) is 3.92. The molecule has 0 saturated heterocycles. The van der Waals surface area contributed by atoms with Gasteiger partial charge in [-0.15, -0.1) is 5.10 Å². The van der Waals surface area contributed by atoms with Gasteiger partial charge in [0.15, 0.2) is 0 Å². The molecular formula is C16H22N2O2S. The molecule has 2 aromatic rings. The molecule has 0 aliphatic heterocycles. The lowest BCUT2D eigenvalue weighted by Gasteiger charge is -2.21. The molecule has 0 radical (unpaired) electrons. The van der Waals surface area contributed by atoms with Crippen molar-refractivity contribution in [1.29, 1.82) is 0 Å². The Hall–Kier alpha value is -1.46. The molecule has 0 aliphatic rings. The molecule has 2 rings (SSSR count). The molecule has 0 spiro atoms. The lowest BCUT2D eigenvalue weighted by atomic mass is 9.89. The van der Waals surface area contributed by atoms with Crippen LogP contribution in [0, 0.1) is 13.8 Å². The van der Waals surface area contributed by atoms with Crippen LogP contribution in [-0.2, 0) is 5.41 Å². The first kappa shape index (κ1) is 15.9. The molecule has 0 fully saturated rings. The highest BCUT2D eigenvalue weighted by Crippen LogP contribution is 2.38. The van der Waals surface area contributed by atoms with Crippen molar-refractivity contribution >= 4 is 11.5 Å². The van der Waals surface area contributed by atoms with Crippen molar-refractivity contribution in [2.24, 2.45) is 0 Å². The third-order valence-electron chi connectivity index (χ3n) is 3.68. The van der Waals surface area contributed by atoms with Crippen molar-refractivity contribution in [3.63, 3.8) is 0 Å². The number of benzene rings is 1. The van der Waals surface area contributed by atoms with Gasteiger partial charge in [-0.2, -0.15) is 0 Å².